The van der Waals surface area contributed by atoms with Gasteiger partial charge in [-0.3, -0.25) is 0 Å². The van der Waals surface area contributed by atoms with Crippen molar-refractivity contribution in [2.75, 3.05) is 0 Å². The molecule has 0 amide bonds. The van der Waals surface area contributed by atoms with Crippen molar-refractivity contribution in [1.29, 1.82) is 5.26 Å². The Bertz CT molecular complexity index is 738. The molecule has 0 spiro atoms. The lowest BCUT2D eigenvalue weighted by atomic mass is 10.1. The van der Waals surface area contributed by atoms with E-state index in [2.05, 4.69) is 0 Å². The molecule has 106 valence electrons. The number of carboxylic acid groups (broad SMARTS) is 1. The molecule has 0 fully saturated rings. The van der Waals surface area contributed by atoms with E-state index in [1.807, 2.05) is 0 Å². The first-order valence-corrected chi connectivity index (χ1v) is 5.85. The Morgan fingerprint density at radius 1 is 1.19 bits per heavy atom. The van der Waals surface area contributed by atoms with Gasteiger partial charge in [0.2, 0.25) is 0 Å². The van der Waals surface area contributed by atoms with Crippen LogP contribution >= 0.6 is 0 Å². The molecule has 0 saturated carbocycles. The highest BCUT2D eigenvalue weighted by molar-refractivity contribution is 5.90. The fourth-order valence-corrected chi connectivity index (χ4v) is 1.75. The molecule has 6 heteroatoms. The average Bonchev–Trinajstić information content (AvgIpc) is 2.45. The van der Waals surface area contributed by atoms with Gasteiger partial charge in [-0.05, 0) is 42.0 Å². The third kappa shape index (κ3) is 3.54. The molecule has 0 aliphatic heterocycles. The van der Waals surface area contributed by atoms with E-state index in [9.17, 15) is 13.6 Å². The average molecular weight is 289 g/mol. The molecule has 4 nitrogen and oxygen atoms in total. The van der Waals surface area contributed by atoms with E-state index < -0.39 is 17.6 Å². The minimum absolute atomic E-state index is 0.0355. The first-order valence-electron chi connectivity index (χ1n) is 5.85. The highest BCUT2D eigenvalue weighted by atomic mass is 19.1. The van der Waals surface area contributed by atoms with Crippen LogP contribution in [0.4, 0.5) is 8.78 Å². The van der Waals surface area contributed by atoms with Crippen LogP contribution in [0.1, 0.15) is 21.5 Å². The molecule has 0 aliphatic rings. The monoisotopic (exact) mass is 289 g/mol. The van der Waals surface area contributed by atoms with Gasteiger partial charge in [0.05, 0.1) is 11.6 Å². The summed E-state index contributed by atoms with van der Waals surface area (Å²) in [5.41, 5.74) is 0.172. The third-order valence-electron chi connectivity index (χ3n) is 2.65. The summed E-state index contributed by atoms with van der Waals surface area (Å²) in [5, 5.41) is 17.7. The summed E-state index contributed by atoms with van der Waals surface area (Å²) < 4.78 is 31.5. The Morgan fingerprint density at radius 3 is 2.62 bits per heavy atom. The number of halogens is 2. The van der Waals surface area contributed by atoms with Gasteiger partial charge in [0.1, 0.15) is 29.6 Å². The van der Waals surface area contributed by atoms with Crippen molar-refractivity contribution in [3.8, 4) is 11.8 Å². The second-order valence-corrected chi connectivity index (χ2v) is 4.19. The van der Waals surface area contributed by atoms with Gasteiger partial charge in [-0.2, -0.15) is 5.26 Å². The normalized spacial score (nSPS) is 9.95. The second-order valence-electron chi connectivity index (χ2n) is 4.19. The zero-order valence-electron chi connectivity index (χ0n) is 10.6. The number of nitriles is 1. The first-order chi connectivity index (χ1) is 9.99. The Labute approximate surface area is 118 Å². The number of ether oxygens (including phenoxy) is 1. The molecule has 0 unspecified atom stereocenters. The fourth-order valence-electron chi connectivity index (χ4n) is 1.75. The molecule has 0 aliphatic carbocycles. The predicted molar refractivity (Wildman–Crippen MR) is 68.8 cm³/mol. The molecular weight excluding hydrogens is 280 g/mol. The molecule has 0 atom stereocenters. The minimum Gasteiger partial charge on any atom is -0.488 e. The molecule has 2 rings (SSSR count). The van der Waals surface area contributed by atoms with Crippen LogP contribution in [-0.4, -0.2) is 11.1 Å². The summed E-state index contributed by atoms with van der Waals surface area (Å²) in [6.07, 6.45) is 0. The highest BCUT2D eigenvalue weighted by Gasteiger charge is 2.13. The van der Waals surface area contributed by atoms with Gasteiger partial charge in [0.15, 0.2) is 0 Å². The molecule has 2 aromatic rings. The van der Waals surface area contributed by atoms with Gasteiger partial charge in [-0.15, -0.1) is 0 Å². The van der Waals surface area contributed by atoms with Gasteiger partial charge < -0.3 is 9.84 Å². The molecule has 0 radical (unpaired) electrons. The Balaban J connectivity index is 2.23. The van der Waals surface area contributed by atoms with Crippen molar-refractivity contribution in [1.82, 2.24) is 0 Å². The largest absolute Gasteiger partial charge is 0.488 e. The summed E-state index contributed by atoms with van der Waals surface area (Å²) in [5.74, 6) is -2.66. The number of carboxylic acids is 1. The SMILES string of the molecule is N#Cc1cc(F)cc(COc2ccc(F)cc2C(=O)O)c1. The van der Waals surface area contributed by atoms with E-state index in [1.165, 1.54) is 18.2 Å². The fraction of sp³-hybridized carbons (Fsp3) is 0.0667. The van der Waals surface area contributed by atoms with Crippen LogP contribution < -0.4 is 4.74 Å². The van der Waals surface area contributed by atoms with E-state index in [-0.39, 0.29) is 23.5 Å². The number of hydrogen-bond acceptors (Lipinski definition) is 3. The summed E-state index contributed by atoms with van der Waals surface area (Å²) in [6.45, 7) is -0.141. The molecule has 2 aromatic carbocycles. The van der Waals surface area contributed by atoms with E-state index in [0.717, 1.165) is 18.2 Å². The number of hydrogen-bond donors (Lipinski definition) is 1. The van der Waals surface area contributed by atoms with Crippen LogP contribution in [0.15, 0.2) is 36.4 Å². The van der Waals surface area contributed by atoms with Crippen LogP contribution in [0.3, 0.4) is 0 Å². The highest BCUT2D eigenvalue weighted by Crippen LogP contribution is 2.21. The van der Waals surface area contributed by atoms with E-state index in [1.54, 1.807) is 6.07 Å². The quantitative estimate of drug-likeness (QED) is 0.938. The summed E-state index contributed by atoms with van der Waals surface area (Å²) in [6, 6.07) is 8.56. The Hall–Kier alpha value is -2.94. The van der Waals surface area contributed by atoms with E-state index in [4.69, 9.17) is 15.1 Å². The molecule has 0 saturated heterocycles. The van der Waals surface area contributed by atoms with Crippen LogP contribution in [-0.2, 0) is 6.61 Å². The lowest BCUT2D eigenvalue weighted by Crippen LogP contribution is -2.04. The Morgan fingerprint density at radius 2 is 1.95 bits per heavy atom. The molecular formula is C15H9F2NO3. The number of aromatic carboxylic acids is 1. The standard InChI is InChI=1S/C15H9F2NO3/c16-11-1-2-14(13(6-11)15(19)20)21-8-10-3-9(7-18)4-12(17)5-10/h1-6H,8H2,(H,19,20). The van der Waals surface area contributed by atoms with Crippen LogP contribution in [0, 0.1) is 23.0 Å². The number of carbonyl (C=O) groups is 1. The molecule has 21 heavy (non-hydrogen) atoms. The van der Waals surface area contributed by atoms with Gasteiger partial charge in [-0.1, -0.05) is 0 Å². The maximum Gasteiger partial charge on any atom is 0.339 e. The van der Waals surface area contributed by atoms with Gasteiger partial charge in [0, 0.05) is 0 Å². The van der Waals surface area contributed by atoms with E-state index >= 15 is 0 Å². The van der Waals surface area contributed by atoms with Crippen LogP contribution in [0.2, 0.25) is 0 Å². The maximum atomic E-state index is 13.3. The second kappa shape index (κ2) is 6.01. The third-order valence-corrected chi connectivity index (χ3v) is 2.65. The van der Waals surface area contributed by atoms with Crippen molar-refractivity contribution >= 4 is 5.97 Å². The van der Waals surface area contributed by atoms with E-state index in [0.29, 0.717) is 5.56 Å². The van der Waals surface area contributed by atoms with Gasteiger partial charge in [-0.25, -0.2) is 13.6 Å². The lowest BCUT2D eigenvalue weighted by Gasteiger charge is -2.09. The van der Waals surface area contributed by atoms with Crippen LogP contribution in [0.5, 0.6) is 5.75 Å². The summed E-state index contributed by atoms with van der Waals surface area (Å²) >= 11 is 0. The topological polar surface area (TPSA) is 70.3 Å². The summed E-state index contributed by atoms with van der Waals surface area (Å²) in [7, 11) is 0. The first kappa shape index (κ1) is 14.5. The smallest absolute Gasteiger partial charge is 0.339 e. The van der Waals surface area contributed by atoms with Gasteiger partial charge >= 0.3 is 5.97 Å². The lowest BCUT2D eigenvalue weighted by molar-refractivity contribution is 0.0691. The minimum atomic E-state index is -1.33. The van der Waals surface area contributed by atoms with Crippen molar-refractivity contribution in [3.63, 3.8) is 0 Å². The zero-order chi connectivity index (χ0) is 15.4. The molecule has 0 heterocycles. The molecule has 1 N–H and O–H groups in total. The molecule has 0 aromatic heterocycles. The zero-order valence-corrected chi connectivity index (χ0v) is 10.6. The number of benzene rings is 2. The predicted octanol–water partition coefficient (Wildman–Crippen LogP) is 3.11. The number of nitrogens with zero attached hydrogens (tertiary/aromatic N) is 1. The summed E-state index contributed by atoms with van der Waals surface area (Å²) in [4.78, 5) is 11.0. The number of rotatable bonds is 4. The van der Waals surface area contributed by atoms with Crippen molar-refractivity contribution in [2.45, 2.75) is 6.61 Å². The van der Waals surface area contributed by atoms with Crippen molar-refractivity contribution < 1.29 is 23.4 Å². The molecule has 0 bridgehead atoms. The van der Waals surface area contributed by atoms with Gasteiger partial charge in [0.25, 0.3) is 0 Å². The maximum absolute atomic E-state index is 13.3. The Kier molecular flexibility index (Phi) is 4.14. The van der Waals surface area contributed by atoms with Crippen molar-refractivity contribution in [2.24, 2.45) is 0 Å². The van der Waals surface area contributed by atoms with Crippen LogP contribution in [0.25, 0.3) is 0 Å². The van der Waals surface area contributed by atoms with Crippen molar-refractivity contribution in [3.05, 3.63) is 64.7 Å².